The minimum atomic E-state index is -4.53. The lowest BCUT2D eigenvalue weighted by Gasteiger charge is -2.36. The molecule has 1 atom stereocenters. The van der Waals surface area contributed by atoms with E-state index in [-0.39, 0.29) is 30.3 Å². The highest BCUT2D eigenvalue weighted by molar-refractivity contribution is 5.93. The molecule has 8 nitrogen and oxygen atoms in total. The van der Waals surface area contributed by atoms with E-state index in [1.54, 1.807) is 16.4 Å². The summed E-state index contributed by atoms with van der Waals surface area (Å²) in [6.45, 7) is 1.44. The first-order valence-corrected chi connectivity index (χ1v) is 10.3. The zero-order valence-electron chi connectivity index (χ0n) is 17.5. The number of urea groups is 1. The van der Waals surface area contributed by atoms with E-state index in [9.17, 15) is 22.8 Å². The number of amides is 3. The molecule has 2 aromatic carbocycles. The van der Waals surface area contributed by atoms with Crippen LogP contribution in [0.4, 0.5) is 18.0 Å². The van der Waals surface area contributed by atoms with Crippen molar-refractivity contribution in [3.8, 4) is 5.75 Å². The lowest BCUT2D eigenvalue weighted by atomic mass is 10.0. The smallest absolute Gasteiger partial charge is 0.416 e. The van der Waals surface area contributed by atoms with Crippen LogP contribution in [0.25, 0.3) is 0 Å². The Bertz CT molecular complexity index is 1040. The van der Waals surface area contributed by atoms with Crippen LogP contribution in [-0.2, 0) is 17.5 Å². The van der Waals surface area contributed by atoms with Gasteiger partial charge in [0.05, 0.1) is 31.4 Å². The van der Waals surface area contributed by atoms with Gasteiger partial charge in [0, 0.05) is 24.2 Å². The topological polar surface area (TPSA) is 91.3 Å². The number of carbonyl (C=O) groups excluding carboxylic acids is 2. The zero-order valence-corrected chi connectivity index (χ0v) is 17.5. The van der Waals surface area contributed by atoms with E-state index in [1.807, 2.05) is 0 Å². The van der Waals surface area contributed by atoms with Crippen LogP contribution in [0.1, 0.15) is 33.1 Å². The molecule has 3 amide bonds. The fourth-order valence-corrected chi connectivity index (χ4v) is 3.91. The summed E-state index contributed by atoms with van der Waals surface area (Å²) >= 11 is 0. The number of rotatable bonds is 2. The Morgan fingerprint density at radius 2 is 1.85 bits per heavy atom. The Morgan fingerprint density at radius 3 is 2.55 bits per heavy atom. The van der Waals surface area contributed by atoms with E-state index < -0.39 is 23.7 Å². The second-order valence-electron chi connectivity index (χ2n) is 7.72. The number of benzene rings is 2. The average molecular weight is 465 g/mol. The molecule has 2 N–H and O–H groups in total. The van der Waals surface area contributed by atoms with Gasteiger partial charge in [-0.1, -0.05) is 18.2 Å². The van der Waals surface area contributed by atoms with Crippen molar-refractivity contribution in [1.29, 1.82) is 0 Å². The van der Waals surface area contributed by atoms with Gasteiger partial charge < -0.3 is 19.3 Å². The molecule has 0 saturated carbocycles. The standard InChI is InChI=1S/C22H22F3N3O5/c23-22(24,25)17-3-1-2-14(10-17)18-13-33-19-11-15(20(29)26-31)4-5-16(19)12-28(18)21(30)27-6-8-32-9-7-27/h1-5,10-11,18,31H,6-9,12-13H2,(H,26,29)/t18-/m0/s1. The van der Waals surface area contributed by atoms with E-state index in [0.717, 1.165) is 12.1 Å². The van der Waals surface area contributed by atoms with Gasteiger partial charge in [-0.25, -0.2) is 10.3 Å². The second kappa shape index (κ2) is 9.28. The number of hydrogen-bond donors (Lipinski definition) is 2. The van der Waals surface area contributed by atoms with Gasteiger partial charge in [0.25, 0.3) is 5.91 Å². The summed E-state index contributed by atoms with van der Waals surface area (Å²) < 4.78 is 51.2. The molecule has 2 heterocycles. The van der Waals surface area contributed by atoms with Crippen molar-refractivity contribution in [3.63, 3.8) is 0 Å². The highest BCUT2D eigenvalue weighted by Gasteiger charge is 2.36. The second-order valence-corrected chi connectivity index (χ2v) is 7.72. The number of morpholine rings is 1. The van der Waals surface area contributed by atoms with Crippen LogP contribution < -0.4 is 10.2 Å². The van der Waals surface area contributed by atoms with Gasteiger partial charge in [-0.2, -0.15) is 13.2 Å². The van der Waals surface area contributed by atoms with Crippen molar-refractivity contribution in [2.24, 2.45) is 0 Å². The fraction of sp³-hybridized carbons (Fsp3) is 0.364. The lowest BCUT2D eigenvalue weighted by Crippen LogP contribution is -2.49. The summed E-state index contributed by atoms with van der Waals surface area (Å²) in [6.07, 6.45) is -4.53. The van der Waals surface area contributed by atoms with Crippen molar-refractivity contribution >= 4 is 11.9 Å². The molecule has 0 aromatic heterocycles. The maximum atomic E-state index is 13.4. The number of alkyl halides is 3. The van der Waals surface area contributed by atoms with E-state index in [4.69, 9.17) is 14.7 Å². The minimum Gasteiger partial charge on any atom is -0.491 e. The third-order valence-corrected chi connectivity index (χ3v) is 5.67. The molecule has 1 saturated heterocycles. The molecule has 0 spiro atoms. The number of nitrogens with one attached hydrogen (secondary N) is 1. The molecule has 33 heavy (non-hydrogen) atoms. The number of fused-ring (bicyclic) bond motifs is 1. The van der Waals surface area contributed by atoms with Gasteiger partial charge >= 0.3 is 12.2 Å². The molecule has 4 rings (SSSR count). The Hall–Kier alpha value is -3.31. The summed E-state index contributed by atoms with van der Waals surface area (Å²) in [4.78, 5) is 28.3. The predicted octanol–water partition coefficient (Wildman–Crippen LogP) is 3.21. The van der Waals surface area contributed by atoms with Gasteiger partial charge in [0.15, 0.2) is 0 Å². The zero-order chi connectivity index (χ0) is 23.6. The van der Waals surface area contributed by atoms with Gasteiger partial charge in [0.2, 0.25) is 0 Å². The minimum absolute atomic E-state index is 0.0630. The van der Waals surface area contributed by atoms with Gasteiger partial charge in [-0.15, -0.1) is 0 Å². The first kappa shape index (κ1) is 22.9. The molecule has 0 bridgehead atoms. The molecule has 0 unspecified atom stereocenters. The molecular weight excluding hydrogens is 443 g/mol. The van der Waals surface area contributed by atoms with Crippen LogP contribution >= 0.6 is 0 Å². The lowest BCUT2D eigenvalue weighted by molar-refractivity contribution is -0.137. The largest absolute Gasteiger partial charge is 0.491 e. The first-order chi connectivity index (χ1) is 15.8. The van der Waals surface area contributed by atoms with Crippen LogP contribution in [0.15, 0.2) is 42.5 Å². The monoisotopic (exact) mass is 465 g/mol. The first-order valence-electron chi connectivity index (χ1n) is 10.3. The molecule has 0 aliphatic carbocycles. The molecular formula is C22H22F3N3O5. The Kier molecular flexibility index (Phi) is 6.43. The van der Waals surface area contributed by atoms with E-state index in [2.05, 4.69) is 0 Å². The van der Waals surface area contributed by atoms with Crippen LogP contribution in [0.2, 0.25) is 0 Å². The van der Waals surface area contributed by atoms with Crippen molar-refractivity contribution < 1.29 is 37.4 Å². The van der Waals surface area contributed by atoms with E-state index >= 15 is 0 Å². The maximum Gasteiger partial charge on any atom is 0.416 e. The Labute approximate surface area is 187 Å². The van der Waals surface area contributed by atoms with Crippen LogP contribution in [-0.4, -0.2) is 59.9 Å². The van der Waals surface area contributed by atoms with Crippen LogP contribution in [0.3, 0.4) is 0 Å². The highest BCUT2D eigenvalue weighted by Crippen LogP contribution is 2.36. The number of halogens is 3. The van der Waals surface area contributed by atoms with Crippen LogP contribution in [0.5, 0.6) is 5.75 Å². The summed E-state index contributed by atoms with van der Waals surface area (Å²) in [5, 5.41) is 8.89. The van der Waals surface area contributed by atoms with Crippen molar-refractivity contribution in [2.45, 2.75) is 18.8 Å². The Morgan fingerprint density at radius 1 is 1.09 bits per heavy atom. The van der Waals surface area contributed by atoms with E-state index in [1.165, 1.54) is 29.2 Å². The van der Waals surface area contributed by atoms with Gasteiger partial charge in [-0.3, -0.25) is 10.0 Å². The van der Waals surface area contributed by atoms with Crippen molar-refractivity contribution in [3.05, 3.63) is 64.7 Å². The number of hydroxylamine groups is 1. The SMILES string of the molecule is O=C(NO)c1ccc2c(c1)OC[C@@H](c1cccc(C(F)(F)F)c1)N(C(=O)N1CCOCC1)C2. The third kappa shape index (κ3) is 4.88. The summed E-state index contributed by atoms with van der Waals surface area (Å²) in [5.74, 6) is -0.424. The summed E-state index contributed by atoms with van der Waals surface area (Å²) in [6, 6.07) is 8.18. The number of carbonyl (C=O) groups is 2. The third-order valence-electron chi connectivity index (χ3n) is 5.67. The predicted molar refractivity (Wildman–Crippen MR) is 109 cm³/mol. The number of ether oxygens (including phenoxy) is 2. The summed E-state index contributed by atoms with van der Waals surface area (Å²) in [7, 11) is 0. The quantitative estimate of drug-likeness (QED) is 0.525. The molecule has 11 heteroatoms. The molecule has 176 valence electrons. The molecule has 0 radical (unpaired) electrons. The van der Waals surface area contributed by atoms with Gasteiger partial charge in [0.1, 0.15) is 12.4 Å². The number of hydrogen-bond acceptors (Lipinski definition) is 5. The van der Waals surface area contributed by atoms with E-state index in [0.29, 0.717) is 37.6 Å². The fourth-order valence-electron chi connectivity index (χ4n) is 3.91. The van der Waals surface area contributed by atoms with Crippen molar-refractivity contribution in [1.82, 2.24) is 15.3 Å². The molecule has 2 aliphatic heterocycles. The average Bonchev–Trinajstić information content (AvgIpc) is 3.02. The molecule has 2 aliphatic rings. The molecule has 2 aromatic rings. The van der Waals surface area contributed by atoms with Crippen LogP contribution in [0, 0.1) is 0 Å². The normalized spacial score (nSPS) is 18.7. The summed E-state index contributed by atoms with van der Waals surface area (Å²) in [5.41, 5.74) is 1.73. The maximum absolute atomic E-state index is 13.4. The number of nitrogens with zero attached hydrogens (tertiary/aromatic N) is 2. The Balaban J connectivity index is 1.72. The highest BCUT2D eigenvalue weighted by atomic mass is 19.4. The van der Waals surface area contributed by atoms with Crippen molar-refractivity contribution in [2.75, 3.05) is 32.9 Å². The van der Waals surface area contributed by atoms with Gasteiger partial charge in [-0.05, 0) is 29.8 Å². The molecule has 1 fully saturated rings.